The molecule has 0 radical (unpaired) electrons. The number of rotatable bonds is 5. The topological polar surface area (TPSA) is 60.7 Å². The lowest BCUT2D eigenvalue weighted by atomic mass is 10.0. The van der Waals surface area contributed by atoms with Gasteiger partial charge in [0.15, 0.2) is 4.80 Å². The molecule has 0 saturated heterocycles. The van der Waals surface area contributed by atoms with Crippen molar-refractivity contribution in [1.29, 1.82) is 0 Å². The van der Waals surface area contributed by atoms with Gasteiger partial charge in [0.2, 0.25) is 0 Å². The van der Waals surface area contributed by atoms with E-state index in [1.165, 1.54) is 22.7 Å². The summed E-state index contributed by atoms with van der Waals surface area (Å²) < 4.78 is 7.76. The number of thiophene rings is 1. The first-order valence-electron chi connectivity index (χ1n) is 10.1. The Bertz CT molecular complexity index is 1310. The van der Waals surface area contributed by atoms with E-state index in [0.29, 0.717) is 27.2 Å². The maximum absolute atomic E-state index is 13.4. The molecule has 0 saturated carbocycles. The molecule has 31 heavy (non-hydrogen) atoms. The normalized spacial score (nSPS) is 16.4. The van der Waals surface area contributed by atoms with Gasteiger partial charge in [-0.25, -0.2) is 9.79 Å². The summed E-state index contributed by atoms with van der Waals surface area (Å²) in [6.45, 7) is 8.14. The van der Waals surface area contributed by atoms with Crippen molar-refractivity contribution in [2.24, 2.45) is 10.9 Å². The van der Waals surface area contributed by atoms with Crippen LogP contribution < -0.4 is 14.9 Å². The summed E-state index contributed by atoms with van der Waals surface area (Å²) in [5.74, 6) is -0.193. The highest BCUT2D eigenvalue weighted by Gasteiger charge is 2.34. The van der Waals surface area contributed by atoms with Crippen molar-refractivity contribution in [2.75, 3.05) is 6.61 Å². The van der Waals surface area contributed by atoms with Crippen molar-refractivity contribution >= 4 is 34.7 Å². The fraction of sp³-hybridized carbons (Fsp3) is 0.292. The van der Waals surface area contributed by atoms with Crippen molar-refractivity contribution in [3.63, 3.8) is 0 Å². The molecule has 0 amide bonds. The summed E-state index contributed by atoms with van der Waals surface area (Å²) in [5, 5.41) is 1.95. The van der Waals surface area contributed by atoms with E-state index >= 15 is 0 Å². The third-order valence-electron chi connectivity index (χ3n) is 4.98. The Morgan fingerprint density at radius 1 is 1.23 bits per heavy atom. The summed E-state index contributed by atoms with van der Waals surface area (Å²) in [6, 6.07) is 11.4. The highest BCUT2D eigenvalue weighted by Crippen LogP contribution is 2.33. The maximum Gasteiger partial charge on any atom is 0.338 e. The summed E-state index contributed by atoms with van der Waals surface area (Å²) in [7, 11) is 0. The summed E-state index contributed by atoms with van der Waals surface area (Å²) >= 11 is 2.86. The molecule has 160 valence electrons. The fourth-order valence-corrected chi connectivity index (χ4v) is 5.30. The number of nitrogens with zero attached hydrogens (tertiary/aromatic N) is 2. The van der Waals surface area contributed by atoms with E-state index in [2.05, 4.69) is 4.99 Å². The molecule has 0 unspecified atom stereocenters. The summed E-state index contributed by atoms with van der Waals surface area (Å²) in [6.07, 6.45) is 1.88. The Labute approximate surface area is 188 Å². The minimum atomic E-state index is -0.531. The second kappa shape index (κ2) is 8.77. The molecule has 1 aliphatic heterocycles. The van der Waals surface area contributed by atoms with Crippen LogP contribution in [0.3, 0.4) is 0 Å². The largest absolute Gasteiger partial charge is 0.462 e. The van der Waals surface area contributed by atoms with Gasteiger partial charge < -0.3 is 4.74 Å². The van der Waals surface area contributed by atoms with E-state index in [1.807, 2.05) is 75.5 Å². The van der Waals surface area contributed by atoms with Gasteiger partial charge in [0.1, 0.15) is 6.04 Å². The van der Waals surface area contributed by atoms with Gasteiger partial charge in [-0.3, -0.25) is 9.36 Å². The van der Waals surface area contributed by atoms with Gasteiger partial charge in [-0.2, -0.15) is 0 Å². The number of esters is 1. The second-order valence-corrected chi connectivity index (χ2v) is 9.99. The molecule has 2 aromatic heterocycles. The Morgan fingerprint density at radius 3 is 2.61 bits per heavy atom. The molecule has 0 N–H and O–H groups in total. The molecule has 3 heterocycles. The van der Waals surface area contributed by atoms with Crippen LogP contribution in [-0.4, -0.2) is 17.1 Å². The quantitative estimate of drug-likeness (QED) is 0.553. The Hall–Kier alpha value is -2.77. The number of aromatic nitrogens is 1. The van der Waals surface area contributed by atoms with Crippen LogP contribution in [0.25, 0.3) is 6.08 Å². The van der Waals surface area contributed by atoms with Crippen molar-refractivity contribution < 1.29 is 9.53 Å². The number of ether oxygens (including phenoxy) is 1. The predicted octanol–water partition coefficient (Wildman–Crippen LogP) is 3.80. The Balaban J connectivity index is 1.86. The number of hydrogen-bond acceptors (Lipinski definition) is 6. The van der Waals surface area contributed by atoms with Gasteiger partial charge in [-0.1, -0.05) is 61.1 Å². The molecular formula is C24H24N2O3S2. The Morgan fingerprint density at radius 2 is 1.97 bits per heavy atom. The minimum absolute atomic E-state index is 0.149. The van der Waals surface area contributed by atoms with Crippen molar-refractivity contribution in [3.8, 4) is 0 Å². The van der Waals surface area contributed by atoms with Crippen LogP contribution in [0.4, 0.5) is 0 Å². The van der Waals surface area contributed by atoms with Gasteiger partial charge >= 0.3 is 5.97 Å². The molecule has 0 aliphatic carbocycles. The van der Waals surface area contributed by atoms with Gasteiger partial charge in [0, 0.05) is 4.88 Å². The molecular weight excluding hydrogens is 428 g/mol. The van der Waals surface area contributed by atoms with Crippen LogP contribution in [0.15, 0.2) is 62.8 Å². The molecule has 0 fully saturated rings. The van der Waals surface area contributed by atoms with E-state index in [1.54, 1.807) is 4.57 Å². The molecule has 3 aromatic rings. The van der Waals surface area contributed by atoms with E-state index in [9.17, 15) is 9.59 Å². The number of benzene rings is 1. The standard InChI is InChI=1S/C24H24N2O3S2/c1-14(2)13-29-23(28)20-16(4)25-24-26(21(20)18-6-5-11-30-18)22(27)19(31-24)12-17-9-7-15(3)8-10-17/h5-12,14,21H,13H2,1-4H3/b19-12+/t21-/m1/s1. The number of fused-ring (bicyclic) bond motifs is 1. The molecule has 0 spiro atoms. The monoisotopic (exact) mass is 452 g/mol. The highest BCUT2D eigenvalue weighted by molar-refractivity contribution is 7.10. The third-order valence-corrected chi connectivity index (χ3v) is 6.88. The fourth-order valence-electron chi connectivity index (χ4n) is 3.43. The number of carbonyl (C=O) groups is 1. The van der Waals surface area contributed by atoms with Crippen LogP contribution in [0.1, 0.15) is 42.8 Å². The molecule has 1 aromatic carbocycles. The predicted molar refractivity (Wildman–Crippen MR) is 125 cm³/mol. The van der Waals surface area contributed by atoms with Crippen LogP contribution in [0.2, 0.25) is 0 Å². The van der Waals surface area contributed by atoms with Gasteiger partial charge in [0.25, 0.3) is 5.56 Å². The summed E-state index contributed by atoms with van der Waals surface area (Å²) in [5.41, 5.74) is 2.99. The molecule has 1 aliphatic rings. The minimum Gasteiger partial charge on any atom is -0.462 e. The average molecular weight is 453 g/mol. The van der Waals surface area contributed by atoms with Crippen molar-refractivity contribution in [2.45, 2.75) is 33.7 Å². The number of carbonyl (C=O) groups excluding carboxylic acids is 1. The zero-order valence-electron chi connectivity index (χ0n) is 17.9. The number of aryl methyl sites for hydroxylation is 1. The lowest BCUT2D eigenvalue weighted by Crippen LogP contribution is -2.39. The Kier molecular flexibility index (Phi) is 6.07. The van der Waals surface area contributed by atoms with Gasteiger partial charge in [-0.05, 0) is 42.9 Å². The van der Waals surface area contributed by atoms with Gasteiger partial charge in [0.05, 0.1) is 22.4 Å². The molecule has 7 heteroatoms. The summed E-state index contributed by atoms with van der Waals surface area (Å²) in [4.78, 5) is 32.6. The zero-order chi connectivity index (χ0) is 22.1. The van der Waals surface area contributed by atoms with E-state index in [-0.39, 0.29) is 11.5 Å². The first kappa shape index (κ1) is 21.5. The first-order valence-corrected chi connectivity index (χ1v) is 11.8. The SMILES string of the molecule is CC1=C(C(=O)OCC(C)C)[C@@H](c2cccs2)n2c(s/c(=C/c3ccc(C)cc3)c2=O)=N1. The molecule has 0 bridgehead atoms. The molecule has 1 atom stereocenters. The van der Waals surface area contributed by atoms with E-state index < -0.39 is 12.0 Å². The third kappa shape index (κ3) is 4.34. The lowest BCUT2D eigenvalue weighted by Gasteiger charge is -2.23. The lowest BCUT2D eigenvalue weighted by molar-refractivity contribution is -0.140. The van der Waals surface area contributed by atoms with Crippen LogP contribution in [0, 0.1) is 12.8 Å². The van der Waals surface area contributed by atoms with E-state index in [4.69, 9.17) is 4.74 Å². The molecule has 5 nitrogen and oxygen atoms in total. The number of hydrogen-bond donors (Lipinski definition) is 0. The first-order chi connectivity index (χ1) is 14.8. The van der Waals surface area contributed by atoms with Crippen molar-refractivity contribution in [3.05, 3.63) is 88.7 Å². The number of allylic oxidation sites excluding steroid dienone is 1. The van der Waals surface area contributed by atoms with Crippen molar-refractivity contribution in [1.82, 2.24) is 4.57 Å². The highest BCUT2D eigenvalue weighted by atomic mass is 32.1. The number of thiazole rings is 1. The van der Waals surface area contributed by atoms with E-state index in [0.717, 1.165) is 16.0 Å². The maximum atomic E-state index is 13.4. The average Bonchev–Trinajstić information content (AvgIpc) is 3.36. The van der Waals surface area contributed by atoms with Crippen LogP contribution in [-0.2, 0) is 9.53 Å². The van der Waals surface area contributed by atoms with Gasteiger partial charge in [-0.15, -0.1) is 11.3 Å². The second-order valence-electron chi connectivity index (χ2n) is 8.00. The zero-order valence-corrected chi connectivity index (χ0v) is 19.5. The van der Waals surface area contributed by atoms with Crippen LogP contribution >= 0.6 is 22.7 Å². The smallest absolute Gasteiger partial charge is 0.338 e. The van der Waals surface area contributed by atoms with Crippen LogP contribution in [0.5, 0.6) is 0 Å². The molecule has 4 rings (SSSR count).